The fourth-order valence-electron chi connectivity index (χ4n) is 8.79. The van der Waals surface area contributed by atoms with Crippen molar-refractivity contribution < 1.29 is 0 Å². The molecule has 0 bridgehead atoms. The highest BCUT2D eigenvalue weighted by Gasteiger charge is 2.19. The maximum Gasteiger partial charge on any atom is 0.0717 e. The molecule has 0 unspecified atom stereocenters. The fraction of sp³-hybridized carbons (Fsp3) is 0. The van der Waals surface area contributed by atoms with Gasteiger partial charge in [0.15, 0.2) is 0 Å². The smallest absolute Gasteiger partial charge is 0.0717 e. The molecule has 310 valence electrons. The Kier molecular flexibility index (Phi) is 10.9. The molecular formula is C61H41N5. The molecule has 11 rings (SSSR count). The first-order chi connectivity index (χ1) is 32.7. The normalized spacial score (nSPS) is 11.0. The Hall–Kier alpha value is -8.93. The van der Waals surface area contributed by atoms with E-state index < -0.39 is 0 Å². The Morgan fingerprint density at radius 3 is 1.00 bits per heavy atom. The molecule has 5 heterocycles. The number of hydrogen-bond donors (Lipinski definition) is 0. The van der Waals surface area contributed by atoms with Gasteiger partial charge in [-0.2, -0.15) is 0 Å². The molecule has 0 saturated carbocycles. The van der Waals surface area contributed by atoms with E-state index in [-0.39, 0.29) is 0 Å². The number of nitrogens with zero attached hydrogens (tertiary/aromatic N) is 5. The lowest BCUT2D eigenvalue weighted by atomic mass is 9.85. The van der Waals surface area contributed by atoms with Crippen LogP contribution in [0.2, 0.25) is 0 Å². The van der Waals surface area contributed by atoms with Crippen LogP contribution in [0.5, 0.6) is 0 Å². The summed E-state index contributed by atoms with van der Waals surface area (Å²) in [6.45, 7) is 0. The summed E-state index contributed by atoms with van der Waals surface area (Å²) in [5.41, 5.74) is 20.6. The van der Waals surface area contributed by atoms with Gasteiger partial charge in [-0.3, -0.25) is 24.9 Å². The lowest BCUT2D eigenvalue weighted by molar-refractivity contribution is 1.28. The van der Waals surface area contributed by atoms with Crippen molar-refractivity contribution in [2.75, 3.05) is 0 Å². The van der Waals surface area contributed by atoms with Crippen LogP contribution < -0.4 is 0 Å². The predicted octanol–water partition coefficient (Wildman–Crippen LogP) is 15.3. The Labute approximate surface area is 384 Å². The number of rotatable bonds is 10. The number of benzene rings is 6. The molecule has 0 N–H and O–H groups in total. The second-order valence-corrected chi connectivity index (χ2v) is 16.1. The van der Waals surface area contributed by atoms with Gasteiger partial charge >= 0.3 is 0 Å². The highest BCUT2D eigenvalue weighted by Crippen LogP contribution is 2.44. The lowest BCUT2D eigenvalue weighted by Crippen LogP contribution is -1.94. The highest BCUT2D eigenvalue weighted by atomic mass is 14.7. The zero-order valence-corrected chi connectivity index (χ0v) is 35.9. The van der Waals surface area contributed by atoms with Gasteiger partial charge in [-0.25, -0.2) is 0 Å². The third-order valence-electron chi connectivity index (χ3n) is 12.0. The van der Waals surface area contributed by atoms with E-state index in [2.05, 4.69) is 180 Å². The molecule has 11 aromatic rings. The molecule has 0 fully saturated rings. The fourth-order valence-corrected chi connectivity index (χ4v) is 8.79. The predicted molar refractivity (Wildman–Crippen MR) is 270 cm³/mol. The molecule has 0 aliphatic rings. The summed E-state index contributed by atoms with van der Waals surface area (Å²) >= 11 is 0. The van der Waals surface area contributed by atoms with E-state index in [0.717, 1.165) is 112 Å². The summed E-state index contributed by atoms with van der Waals surface area (Å²) < 4.78 is 0. The maximum absolute atomic E-state index is 5.02. The topological polar surface area (TPSA) is 64.5 Å². The Morgan fingerprint density at radius 2 is 0.561 bits per heavy atom. The van der Waals surface area contributed by atoms with Crippen molar-refractivity contribution in [3.05, 3.63) is 249 Å². The number of pyridine rings is 5. The van der Waals surface area contributed by atoms with E-state index in [1.807, 2.05) is 79.5 Å². The van der Waals surface area contributed by atoms with Crippen LogP contribution in [0, 0.1) is 0 Å². The first kappa shape index (κ1) is 39.9. The van der Waals surface area contributed by atoms with Crippen LogP contribution in [-0.2, 0) is 0 Å². The van der Waals surface area contributed by atoms with Gasteiger partial charge < -0.3 is 0 Å². The van der Waals surface area contributed by atoms with Crippen molar-refractivity contribution in [2.45, 2.75) is 0 Å². The van der Waals surface area contributed by atoms with E-state index in [1.165, 1.54) is 0 Å². The summed E-state index contributed by atoms with van der Waals surface area (Å²) in [6, 6.07) is 76.5. The molecular weight excluding hydrogens is 803 g/mol. The second-order valence-electron chi connectivity index (χ2n) is 16.1. The lowest BCUT2D eigenvalue weighted by Gasteiger charge is -2.19. The molecule has 0 atom stereocenters. The maximum atomic E-state index is 5.02. The highest BCUT2D eigenvalue weighted by molar-refractivity contribution is 5.97. The second kappa shape index (κ2) is 18.0. The average Bonchev–Trinajstić information content (AvgIpc) is 3.41. The van der Waals surface area contributed by atoms with Gasteiger partial charge in [0.25, 0.3) is 0 Å². The molecule has 5 nitrogen and oxygen atoms in total. The third-order valence-corrected chi connectivity index (χ3v) is 12.0. The van der Waals surface area contributed by atoms with Crippen LogP contribution in [-0.4, -0.2) is 24.9 Å². The molecule has 0 amide bonds. The van der Waals surface area contributed by atoms with Crippen molar-refractivity contribution in [3.63, 3.8) is 0 Å². The van der Waals surface area contributed by atoms with Crippen molar-refractivity contribution in [1.82, 2.24) is 24.9 Å². The zero-order valence-electron chi connectivity index (χ0n) is 35.9. The molecule has 5 heteroatoms. The number of hydrogen-bond acceptors (Lipinski definition) is 5. The molecule has 66 heavy (non-hydrogen) atoms. The summed E-state index contributed by atoms with van der Waals surface area (Å²) in [5, 5.41) is 0. The Bertz CT molecular complexity index is 3280. The minimum absolute atomic E-state index is 0.885. The third kappa shape index (κ3) is 8.09. The monoisotopic (exact) mass is 843 g/mol. The molecule has 0 saturated heterocycles. The van der Waals surface area contributed by atoms with Crippen LogP contribution in [0.1, 0.15) is 0 Å². The molecule has 0 radical (unpaired) electrons. The van der Waals surface area contributed by atoms with E-state index in [4.69, 9.17) is 15.0 Å². The van der Waals surface area contributed by atoms with Crippen LogP contribution in [0.25, 0.3) is 112 Å². The first-order valence-corrected chi connectivity index (χ1v) is 22.0. The van der Waals surface area contributed by atoms with Gasteiger partial charge in [-0.05, 0) is 141 Å². The minimum Gasteiger partial charge on any atom is -0.256 e. The molecule has 0 aliphatic heterocycles. The van der Waals surface area contributed by atoms with Gasteiger partial charge in [0.05, 0.1) is 28.5 Å². The average molecular weight is 844 g/mol. The van der Waals surface area contributed by atoms with Crippen LogP contribution in [0.3, 0.4) is 0 Å². The van der Waals surface area contributed by atoms with Gasteiger partial charge in [-0.15, -0.1) is 0 Å². The number of aromatic nitrogens is 5. The standard InChI is InChI=1S/C61H41N5/c1-2-16-42(17-3-1)56-39-43(57-24-10-13-33-62-57)27-30-53(56)52-21-7-4-18-49(52)46-36-47(50-19-5-8-22-54(50)60-31-28-44(40-65-60)58-25-11-14-34-63-58)38-48(37-46)51-20-6-9-23-55(51)61-32-29-45(41-66-61)59-26-12-15-35-64-59/h1-41H. The van der Waals surface area contributed by atoms with Crippen molar-refractivity contribution in [3.8, 4) is 112 Å². The van der Waals surface area contributed by atoms with Crippen molar-refractivity contribution in [1.29, 1.82) is 0 Å². The van der Waals surface area contributed by atoms with E-state index in [0.29, 0.717) is 0 Å². The summed E-state index contributed by atoms with van der Waals surface area (Å²) in [5.74, 6) is 0. The molecule has 0 spiro atoms. The van der Waals surface area contributed by atoms with Crippen LogP contribution in [0.15, 0.2) is 249 Å². The van der Waals surface area contributed by atoms with Gasteiger partial charge in [0, 0.05) is 58.8 Å². The first-order valence-electron chi connectivity index (χ1n) is 22.0. The summed E-state index contributed by atoms with van der Waals surface area (Å²) in [7, 11) is 0. The van der Waals surface area contributed by atoms with Gasteiger partial charge in [0.2, 0.25) is 0 Å². The van der Waals surface area contributed by atoms with Crippen LogP contribution in [0.4, 0.5) is 0 Å². The molecule has 5 aromatic heterocycles. The summed E-state index contributed by atoms with van der Waals surface area (Å²) in [4.78, 5) is 23.9. The Balaban J connectivity index is 1.10. The largest absolute Gasteiger partial charge is 0.256 e. The molecule has 6 aromatic carbocycles. The van der Waals surface area contributed by atoms with Crippen LogP contribution >= 0.6 is 0 Å². The Morgan fingerprint density at radius 1 is 0.182 bits per heavy atom. The minimum atomic E-state index is 0.885. The van der Waals surface area contributed by atoms with Gasteiger partial charge in [-0.1, -0.05) is 133 Å². The van der Waals surface area contributed by atoms with Crippen molar-refractivity contribution >= 4 is 0 Å². The summed E-state index contributed by atoms with van der Waals surface area (Å²) in [6.07, 6.45) is 9.30. The van der Waals surface area contributed by atoms with E-state index >= 15 is 0 Å². The van der Waals surface area contributed by atoms with Gasteiger partial charge in [0.1, 0.15) is 0 Å². The zero-order chi connectivity index (χ0) is 44.1. The van der Waals surface area contributed by atoms with Crippen molar-refractivity contribution in [2.24, 2.45) is 0 Å². The molecule has 0 aliphatic carbocycles. The SMILES string of the molecule is c1ccc(-c2cc(-c3ccccn3)ccc2-c2ccccc2-c2cc(-c3ccccc3-c3ccc(-c4ccccn4)cn3)cc(-c3ccccc3-c3ccc(-c4ccccn4)cn3)c2)cc1. The van der Waals surface area contributed by atoms with E-state index in [9.17, 15) is 0 Å². The quantitative estimate of drug-likeness (QED) is 0.137. The van der Waals surface area contributed by atoms with E-state index in [1.54, 1.807) is 0 Å².